The highest BCUT2D eigenvalue weighted by Gasteiger charge is 2.17. The first kappa shape index (κ1) is 13.6. The van der Waals surface area contributed by atoms with Crippen LogP contribution in [0.1, 0.15) is 43.1 Å². The van der Waals surface area contributed by atoms with E-state index in [2.05, 4.69) is 26.1 Å². The van der Waals surface area contributed by atoms with Crippen LogP contribution in [0.15, 0.2) is 18.2 Å². The summed E-state index contributed by atoms with van der Waals surface area (Å²) in [6, 6.07) is 5.42. The molecule has 0 heterocycles. The largest absolute Gasteiger partial charge is 0.398 e. The van der Waals surface area contributed by atoms with E-state index in [0.717, 1.165) is 12.0 Å². The van der Waals surface area contributed by atoms with E-state index in [1.807, 2.05) is 19.1 Å². The number of benzene rings is 1. The number of rotatable bonds is 4. The van der Waals surface area contributed by atoms with Gasteiger partial charge in [0.2, 0.25) is 0 Å². The van der Waals surface area contributed by atoms with Gasteiger partial charge in [-0.15, -0.1) is 0 Å². The third-order valence-electron chi connectivity index (χ3n) is 3.30. The summed E-state index contributed by atoms with van der Waals surface area (Å²) in [5.41, 5.74) is 8.09. The number of hydrogen-bond donors (Lipinski definition) is 2. The topological polar surface area (TPSA) is 55.1 Å². The predicted molar refractivity (Wildman–Crippen MR) is 72.0 cm³/mol. The first-order valence-corrected chi connectivity index (χ1v) is 6.00. The standard InChI is InChI=1S/C14H22N2O/c1-5-14(3,4)9-16-13(17)11-7-6-8-12(15)10(11)2/h6-8H,5,9,15H2,1-4H3,(H,16,17). The molecule has 0 atom stereocenters. The molecule has 0 aliphatic rings. The third kappa shape index (κ3) is 3.48. The van der Waals surface area contributed by atoms with Crippen LogP contribution >= 0.6 is 0 Å². The van der Waals surface area contributed by atoms with Crippen LogP contribution in [0.4, 0.5) is 5.69 Å². The number of carbonyl (C=O) groups excluding carboxylic acids is 1. The highest BCUT2D eigenvalue weighted by atomic mass is 16.1. The van der Waals surface area contributed by atoms with Gasteiger partial charge in [-0.25, -0.2) is 0 Å². The molecule has 1 rings (SSSR count). The van der Waals surface area contributed by atoms with Crippen molar-refractivity contribution in [1.29, 1.82) is 0 Å². The SMILES string of the molecule is CCC(C)(C)CNC(=O)c1cccc(N)c1C. The van der Waals surface area contributed by atoms with E-state index in [1.54, 1.807) is 6.07 Å². The van der Waals surface area contributed by atoms with Crippen LogP contribution in [0, 0.1) is 12.3 Å². The lowest BCUT2D eigenvalue weighted by Crippen LogP contribution is -2.34. The quantitative estimate of drug-likeness (QED) is 0.787. The Morgan fingerprint density at radius 1 is 1.41 bits per heavy atom. The van der Waals surface area contributed by atoms with Crippen molar-refractivity contribution < 1.29 is 4.79 Å². The van der Waals surface area contributed by atoms with Crippen LogP contribution in [0.25, 0.3) is 0 Å². The zero-order valence-electron chi connectivity index (χ0n) is 11.1. The maximum atomic E-state index is 12.0. The molecule has 3 N–H and O–H groups in total. The van der Waals surface area contributed by atoms with Crippen molar-refractivity contribution in [2.24, 2.45) is 5.41 Å². The van der Waals surface area contributed by atoms with Crippen LogP contribution in [-0.2, 0) is 0 Å². The molecular weight excluding hydrogens is 212 g/mol. The number of nitrogen functional groups attached to an aromatic ring is 1. The van der Waals surface area contributed by atoms with E-state index >= 15 is 0 Å². The second kappa shape index (κ2) is 5.21. The second-order valence-electron chi connectivity index (χ2n) is 5.22. The summed E-state index contributed by atoms with van der Waals surface area (Å²) >= 11 is 0. The molecule has 0 saturated heterocycles. The second-order valence-corrected chi connectivity index (χ2v) is 5.22. The average molecular weight is 234 g/mol. The molecule has 1 aromatic rings. The molecular formula is C14H22N2O. The van der Waals surface area contributed by atoms with Crippen LogP contribution in [0.5, 0.6) is 0 Å². The maximum Gasteiger partial charge on any atom is 0.251 e. The van der Waals surface area contributed by atoms with Gasteiger partial charge in [0.15, 0.2) is 0 Å². The fourth-order valence-electron chi connectivity index (χ4n) is 1.44. The zero-order chi connectivity index (χ0) is 13.1. The Balaban J connectivity index is 2.74. The smallest absolute Gasteiger partial charge is 0.251 e. The van der Waals surface area contributed by atoms with Crippen molar-refractivity contribution >= 4 is 11.6 Å². The van der Waals surface area contributed by atoms with E-state index in [-0.39, 0.29) is 11.3 Å². The molecule has 0 fully saturated rings. The van der Waals surface area contributed by atoms with Crippen LogP contribution in [0.2, 0.25) is 0 Å². The van der Waals surface area contributed by atoms with Crippen molar-refractivity contribution in [2.45, 2.75) is 34.1 Å². The fraction of sp³-hybridized carbons (Fsp3) is 0.500. The predicted octanol–water partition coefficient (Wildman–Crippen LogP) is 2.74. The minimum atomic E-state index is -0.0451. The number of nitrogens with two attached hydrogens (primary N) is 1. The van der Waals surface area contributed by atoms with Crippen molar-refractivity contribution in [3.63, 3.8) is 0 Å². The lowest BCUT2D eigenvalue weighted by molar-refractivity contribution is 0.0935. The number of nitrogens with one attached hydrogen (secondary N) is 1. The van der Waals surface area contributed by atoms with Gasteiger partial charge < -0.3 is 11.1 Å². The molecule has 3 heteroatoms. The Bertz CT molecular complexity index is 411. The van der Waals surface area contributed by atoms with Crippen LogP contribution in [0.3, 0.4) is 0 Å². The van der Waals surface area contributed by atoms with E-state index in [9.17, 15) is 4.79 Å². The Kier molecular flexibility index (Phi) is 4.16. The Hall–Kier alpha value is -1.51. The highest BCUT2D eigenvalue weighted by Crippen LogP contribution is 2.19. The molecule has 0 saturated carbocycles. The molecule has 0 aliphatic heterocycles. The van der Waals surface area contributed by atoms with Crippen molar-refractivity contribution in [3.05, 3.63) is 29.3 Å². The number of anilines is 1. The summed E-state index contributed by atoms with van der Waals surface area (Å²) < 4.78 is 0. The van der Waals surface area contributed by atoms with Gasteiger partial charge in [-0.05, 0) is 36.5 Å². The first-order valence-electron chi connectivity index (χ1n) is 6.00. The molecule has 0 aromatic heterocycles. The normalized spacial score (nSPS) is 11.3. The fourth-order valence-corrected chi connectivity index (χ4v) is 1.44. The third-order valence-corrected chi connectivity index (χ3v) is 3.30. The Morgan fingerprint density at radius 2 is 2.06 bits per heavy atom. The van der Waals surface area contributed by atoms with Crippen LogP contribution < -0.4 is 11.1 Å². The zero-order valence-corrected chi connectivity index (χ0v) is 11.1. The highest BCUT2D eigenvalue weighted by molar-refractivity contribution is 5.96. The van der Waals surface area contributed by atoms with E-state index in [0.29, 0.717) is 17.8 Å². The number of amides is 1. The maximum absolute atomic E-state index is 12.0. The van der Waals surface area contributed by atoms with E-state index in [1.165, 1.54) is 0 Å². The van der Waals surface area contributed by atoms with Gasteiger partial charge in [0.1, 0.15) is 0 Å². The van der Waals surface area contributed by atoms with Gasteiger partial charge in [0.25, 0.3) is 5.91 Å². The molecule has 0 unspecified atom stereocenters. The minimum Gasteiger partial charge on any atom is -0.398 e. The summed E-state index contributed by atoms with van der Waals surface area (Å²) in [6.07, 6.45) is 1.03. The molecule has 0 spiro atoms. The van der Waals surface area contributed by atoms with Crippen LogP contribution in [-0.4, -0.2) is 12.5 Å². The molecule has 1 amide bonds. The first-order chi connectivity index (χ1) is 7.87. The molecule has 94 valence electrons. The van der Waals surface area contributed by atoms with Crippen molar-refractivity contribution in [1.82, 2.24) is 5.32 Å². The monoisotopic (exact) mass is 234 g/mol. The molecule has 0 radical (unpaired) electrons. The summed E-state index contributed by atoms with van der Waals surface area (Å²) in [4.78, 5) is 12.0. The average Bonchev–Trinajstić information content (AvgIpc) is 2.30. The lowest BCUT2D eigenvalue weighted by Gasteiger charge is -2.23. The number of hydrogen-bond acceptors (Lipinski definition) is 2. The summed E-state index contributed by atoms with van der Waals surface area (Å²) in [5, 5.41) is 2.96. The molecule has 3 nitrogen and oxygen atoms in total. The minimum absolute atomic E-state index is 0.0451. The van der Waals surface area contributed by atoms with E-state index < -0.39 is 0 Å². The Morgan fingerprint density at radius 3 is 2.65 bits per heavy atom. The van der Waals surface area contributed by atoms with Crippen molar-refractivity contribution in [2.75, 3.05) is 12.3 Å². The summed E-state index contributed by atoms with van der Waals surface area (Å²) in [5.74, 6) is -0.0451. The summed E-state index contributed by atoms with van der Waals surface area (Å²) in [7, 11) is 0. The number of carbonyl (C=O) groups is 1. The Labute approximate surface area is 103 Å². The van der Waals surface area contributed by atoms with Gasteiger partial charge >= 0.3 is 0 Å². The molecule has 17 heavy (non-hydrogen) atoms. The van der Waals surface area contributed by atoms with Gasteiger partial charge in [-0.3, -0.25) is 4.79 Å². The molecule has 0 bridgehead atoms. The molecule has 1 aromatic carbocycles. The van der Waals surface area contributed by atoms with Gasteiger partial charge in [0.05, 0.1) is 0 Å². The van der Waals surface area contributed by atoms with Gasteiger partial charge in [-0.2, -0.15) is 0 Å². The lowest BCUT2D eigenvalue weighted by atomic mass is 9.90. The van der Waals surface area contributed by atoms with Gasteiger partial charge in [0, 0.05) is 17.8 Å². The summed E-state index contributed by atoms with van der Waals surface area (Å²) in [6.45, 7) is 8.95. The van der Waals surface area contributed by atoms with E-state index in [4.69, 9.17) is 5.73 Å². The van der Waals surface area contributed by atoms with Gasteiger partial charge in [-0.1, -0.05) is 26.8 Å². The van der Waals surface area contributed by atoms with Crippen molar-refractivity contribution in [3.8, 4) is 0 Å². The molecule has 0 aliphatic carbocycles.